The van der Waals surface area contributed by atoms with Crippen LogP contribution in [0.15, 0.2) is 78.2 Å². The van der Waals surface area contributed by atoms with E-state index < -0.39 is 0 Å². The number of aryl methyl sites for hydroxylation is 1. The first-order valence-electron chi connectivity index (χ1n) is 7.04. The summed E-state index contributed by atoms with van der Waals surface area (Å²) in [6, 6.07) is 19.3. The van der Waals surface area contributed by atoms with Gasteiger partial charge in [0.1, 0.15) is 5.25 Å². The number of imidazole rings is 1. The van der Waals surface area contributed by atoms with Crippen LogP contribution in [0.2, 0.25) is 0 Å². The topological polar surface area (TPSA) is 34.9 Å². The summed E-state index contributed by atoms with van der Waals surface area (Å²) < 4.78 is 1.93. The molecule has 0 bridgehead atoms. The van der Waals surface area contributed by atoms with E-state index in [9.17, 15) is 4.79 Å². The predicted octanol–water partition coefficient (Wildman–Crippen LogP) is 4.14. The number of thioether (sulfide) groups is 1. The van der Waals surface area contributed by atoms with E-state index in [0.717, 1.165) is 16.3 Å². The normalized spacial score (nSPS) is 12.0. The standard InChI is InChI=1S/C18H16N2OS/c1-20-13-12-19-18(20)22-17(15-10-6-3-7-11-15)16(21)14-8-4-2-5-9-14/h2-13,17H,1H3/t17-/m1/s1. The summed E-state index contributed by atoms with van der Waals surface area (Å²) in [6.07, 6.45) is 3.63. The Morgan fingerprint density at radius 1 is 1.05 bits per heavy atom. The summed E-state index contributed by atoms with van der Waals surface area (Å²) in [5.74, 6) is 0.0970. The molecule has 0 aliphatic rings. The van der Waals surface area contributed by atoms with Gasteiger partial charge in [-0.15, -0.1) is 0 Å². The fourth-order valence-electron chi connectivity index (χ4n) is 2.23. The molecule has 3 rings (SSSR count). The molecule has 3 nitrogen and oxygen atoms in total. The molecule has 1 atom stereocenters. The van der Waals surface area contributed by atoms with Crippen molar-refractivity contribution < 1.29 is 4.79 Å². The summed E-state index contributed by atoms with van der Waals surface area (Å²) >= 11 is 1.48. The third-order valence-electron chi connectivity index (χ3n) is 3.40. The molecule has 1 heterocycles. The molecular weight excluding hydrogens is 292 g/mol. The van der Waals surface area contributed by atoms with Gasteiger partial charge in [0.2, 0.25) is 0 Å². The molecule has 110 valence electrons. The number of ketones is 1. The molecule has 0 saturated heterocycles. The number of hydrogen-bond donors (Lipinski definition) is 0. The number of Topliss-reactive ketones (excluding diaryl/α,β-unsaturated/α-hetero) is 1. The minimum Gasteiger partial charge on any atom is -0.329 e. The maximum Gasteiger partial charge on any atom is 0.180 e. The summed E-state index contributed by atoms with van der Waals surface area (Å²) in [4.78, 5) is 17.3. The van der Waals surface area contributed by atoms with Crippen molar-refractivity contribution in [1.29, 1.82) is 0 Å². The molecular formula is C18H16N2OS. The lowest BCUT2D eigenvalue weighted by Gasteiger charge is -2.15. The molecule has 0 saturated carbocycles. The van der Waals surface area contributed by atoms with Crippen molar-refractivity contribution >= 4 is 17.5 Å². The predicted molar refractivity (Wildman–Crippen MR) is 89.0 cm³/mol. The zero-order valence-corrected chi connectivity index (χ0v) is 13.0. The summed E-state index contributed by atoms with van der Waals surface area (Å²) in [6.45, 7) is 0. The molecule has 0 aliphatic carbocycles. The van der Waals surface area contributed by atoms with E-state index in [0.29, 0.717) is 0 Å². The highest BCUT2D eigenvalue weighted by Crippen LogP contribution is 2.36. The fourth-order valence-corrected chi connectivity index (χ4v) is 3.32. The highest BCUT2D eigenvalue weighted by atomic mass is 32.2. The average molecular weight is 308 g/mol. The molecule has 0 N–H and O–H groups in total. The maximum atomic E-state index is 12.9. The summed E-state index contributed by atoms with van der Waals surface area (Å²) in [7, 11) is 1.93. The van der Waals surface area contributed by atoms with Gasteiger partial charge in [-0.2, -0.15) is 0 Å². The van der Waals surface area contributed by atoms with Gasteiger partial charge in [-0.1, -0.05) is 72.4 Å². The Bertz CT molecular complexity index is 753. The van der Waals surface area contributed by atoms with E-state index in [4.69, 9.17) is 0 Å². The molecule has 0 fully saturated rings. The van der Waals surface area contributed by atoms with Gasteiger partial charge in [0.25, 0.3) is 0 Å². The van der Waals surface area contributed by atoms with Crippen LogP contribution < -0.4 is 0 Å². The Labute approximate surface area is 134 Å². The molecule has 0 amide bonds. The van der Waals surface area contributed by atoms with E-state index >= 15 is 0 Å². The number of benzene rings is 2. The van der Waals surface area contributed by atoms with Crippen LogP contribution in [0.4, 0.5) is 0 Å². The molecule has 0 unspecified atom stereocenters. The van der Waals surface area contributed by atoms with Crippen LogP contribution in [-0.4, -0.2) is 15.3 Å². The van der Waals surface area contributed by atoms with Crippen LogP contribution in [-0.2, 0) is 7.05 Å². The van der Waals surface area contributed by atoms with Crippen molar-refractivity contribution in [2.45, 2.75) is 10.4 Å². The molecule has 2 aromatic carbocycles. The molecule has 0 radical (unpaired) electrons. The van der Waals surface area contributed by atoms with Gasteiger partial charge in [0.15, 0.2) is 10.9 Å². The van der Waals surface area contributed by atoms with Crippen LogP contribution in [0.3, 0.4) is 0 Å². The smallest absolute Gasteiger partial charge is 0.180 e. The number of carbonyl (C=O) groups is 1. The van der Waals surface area contributed by atoms with Gasteiger partial charge in [-0.25, -0.2) is 4.98 Å². The largest absolute Gasteiger partial charge is 0.329 e. The highest BCUT2D eigenvalue weighted by molar-refractivity contribution is 8.00. The SMILES string of the molecule is Cn1ccnc1S[C@@H](C(=O)c1ccccc1)c1ccccc1. The van der Waals surface area contributed by atoms with Crippen LogP contribution >= 0.6 is 11.8 Å². The van der Waals surface area contributed by atoms with E-state index in [-0.39, 0.29) is 11.0 Å². The third-order valence-corrected chi connectivity index (χ3v) is 4.73. The lowest BCUT2D eigenvalue weighted by molar-refractivity contribution is 0.0989. The van der Waals surface area contributed by atoms with Crippen molar-refractivity contribution in [2.24, 2.45) is 7.05 Å². The lowest BCUT2D eigenvalue weighted by atomic mass is 10.0. The Kier molecular flexibility index (Phi) is 4.39. The monoisotopic (exact) mass is 308 g/mol. The van der Waals surface area contributed by atoms with Gasteiger partial charge in [-0.05, 0) is 5.56 Å². The highest BCUT2D eigenvalue weighted by Gasteiger charge is 2.24. The minimum atomic E-state index is -0.301. The number of rotatable bonds is 5. The van der Waals surface area contributed by atoms with Crippen molar-refractivity contribution in [3.8, 4) is 0 Å². The van der Waals surface area contributed by atoms with Crippen molar-refractivity contribution in [3.05, 3.63) is 84.2 Å². The molecule has 0 aliphatic heterocycles. The van der Waals surface area contributed by atoms with E-state index in [1.54, 1.807) is 6.20 Å². The molecule has 1 aromatic heterocycles. The van der Waals surface area contributed by atoms with E-state index in [1.807, 2.05) is 78.5 Å². The van der Waals surface area contributed by atoms with Gasteiger partial charge in [0, 0.05) is 25.0 Å². The quantitative estimate of drug-likeness (QED) is 0.525. The zero-order valence-electron chi connectivity index (χ0n) is 12.2. The van der Waals surface area contributed by atoms with E-state index in [1.165, 1.54) is 11.8 Å². The van der Waals surface area contributed by atoms with Crippen LogP contribution in [0, 0.1) is 0 Å². The Morgan fingerprint density at radius 2 is 1.68 bits per heavy atom. The second-order valence-electron chi connectivity index (χ2n) is 4.96. The number of carbonyl (C=O) groups excluding carboxylic acids is 1. The third kappa shape index (κ3) is 3.12. The van der Waals surface area contributed by atoms with Gasteiger partial charge >= 0.3 is 0 Å². The first kappa shape index (κ1) is 14.6. The zero-order chi connectivity index (χ0) is 15.4. The number of nitrogens with zero attached hydrogens (tertiary/aromatic N) is 2. The van der Waals surface area contributed by atoms with Crippen molar-refractivity contribution in [2.75, 3.05) is 0 Å². The van der Waals surface area contributed by atoms with Crippen LogP contribution in [0.5, 0.6) is 0 Å². The maximum absolute atomic E-state index is 12.9. The Balaban J connectivity index is 1.96. The molecule has 3 aromatic rings. The molecule has 4 heteroatoms. The second kappa shape index (κ2) is 6.62. The first-order valence-corrected chi connectivity index (χ1v) is 7.92. The molecule has 0 spiro atoms. The number of hydrogen-bond acceptors (Lipinski definition) is 3. The Hall–Kier alpha value is -2.33. The van der Waals surface area contributed by atoms with Crippen LogP contribution in [0.25, 0.3) is 0 Å². The minimum absolute atomic E-state index is 0.0970. The first-order chi connectivity index (χ1) is 10.8. The van der Waals surface area contributed by atoms with Gasteiger partial charge in [-0.3, -0.25) is 4.79 Å². The fraction of sp³-hybridized carbons (Fsp3) is 0.111. The summed E-state index contributed by atoms with van der Waals surface area (Å²) in [5.41, 5.74) is 1.71. The number of aromatic nitrogens is 2. The van der Waals surface area contributed by atoms with Crippen molar-refractivity contribution in [1.82, 2.24) is 9.55 Å². The van der Waals surface area contributed by atoms with E-state index in [2.05, 4.69) is 4.98 Å². The Morgan fingerprint density at radius 3 is 2.27 bits per heavy atom. The molecule has 22 heavy (non-hydrogen) atoms. The average Bonchev–Trinajstić information content (AvgIpc) is 2.98. The van der Waals surface area contributed by atoms with Crippen molar-refractivity contribution in [3.63, 3.8) is 0 Å². The van der Waals surface area contributed by atoms with Crippen LogP contribution in [0.1, 0.15) is 21.2 Å². The second-order valence-corrected chi connectivity index (χ2v) is 6.03. The summed E-state index contributed by atoms with van der Waals surface area (Å²) in [5, 5.41) is 0.530. The van der Waals surface area contributed by atoms with Gasteiger partial charge < -0.3 is 4.57 Å². The van der Waals surface area contributed by atoms with Gasteiger partial charge in [0.05, 0.1) is 0 Å². The lowest BCUT2D eigenvalue weighted by Crippen LogP contribution is -2.10.